The van der Waals surface area contributed by atoms with E-state index in [1.807, 2.05) is 0 Å². The van der Waals surface area contributed by atoms with Crippen LogP contribution in [0.3, 0.4) is 0 Å². The number of unbranched alkanes of at least 4 members (excludes halogenated alkanes) is 13. The van der Waals surface area contributed by atoms with Crippen LogP contribution in [0.15, 0.2) is 48.5 Å². The quantitative estimate of drug-likeness (QED) is 0.139. The maximum Gasteiger partial charge on any atom is 0.343 e. The van der Waals surface area contributed by atoms with Crippen LogP contribution in [0.1, 0.15) is 107 Å². The van der Waals surface area contributed by atoms with Crippen molar-refractivity contribution in [3.05, 3.63) is 54.1 Å². The average molecular weight is 455 g/mol. The lowest BCUT2D eigenvalue weighted by Crippen LogP contribution is -2.08. The molecule has 182 valence electrons. The summed E-state index contributed by atoms with van der Waals surface area (Å²) in [6, 6.07) is 13.1. The Morgan fingerprint density at radius 3 is 1.61 bits per heavy atom. The maximum absolute atomic E-state index is 12.2. The summed E-state index contributed by atoms with van der Waals surface area (Å²) < 4.78 is 11.1. The highest BCUT2D eigenvalue weighted by Gasteiger charge is 2.09. The van der Waals surface area contributed by atoms with Crippen molar-refractivity contribution in [3.63, 3.8) is 0 Å². The molecule has 0 heterocycles. The Morgan fingerprint density at radius 2 is 1.09 bits per heavy atom. The predicted molar refractivity (Wildman–Crippen MR) is 135 cm³/mol. The normalized spacial score (nSPS) is 10.8. The number of benzene rings is 2. The molecule has 0 aromatic heterocycles. The van der Waals surface area contributed by atoms with Crippen molar-refractivity contribution in [2.75, 3.05) is 6.61 Å². The third kappa shape index (κ3) is 12.4. The van der Waals surface area contributed by atoms with Gasteiger partial charge >= 0.3 is 5.97 Å². The Labute approximate surface area is 200 Å². The van der Waals surface area contributed by atoms with Crippen molar-refractivity contribution in [1.82, 2.24) is 0 Å². The molecule has 0 amide bonds. The van der Waals surface area contributed by atoms with Gasteiger partial charge in [-0.2, -0.15) is 0 Å². The van der Waals surface area contributed by atoms with Crippen LogP contribution in [0.5, 0.6) is 17.2 Å². The summed E-state index contributed by atoms with van der Waals surface area (Å²) in [7, 11) is 0. The van der Waals surface area contributed by atoms with E-state index in [4.69, 9.17) is 9.47 Å². The summed E-state index contributed by atoms with van der Waals surface area (Å²) in [4.78, 5) is 12.2. The minimum Gasteiger partial charge on any atom is -0.508 e. The van der Waals surface area contributed by atoms with Crippen LogP contribution in [0.4, 0.5) is 0 Å². The third-order valence-corrected chi connectivity index (χ3v) is 5.90. The van der Waals surface area contributed by atoms with Crippen LogP contribution in [-0.4, -0.2) is 17.7 Å². The molecule has 0 fully saturated rings. The molecule has 4 nitrogen and oxygen atoms in total. The number of aromatic hydroxyl groups is 1. The molecule has 0 saturated carbocycles. The predicted octanol–water partition coefficient (Wildman–Crippen LogP) is 8.47. The van der Waals surface area contributed by atoms with Crippen molar-refractivity contribution in [1.29, 1.82) is 0 Å². The van der Waals surface area contributed by atoms with Crippen molar-refractivity contribution in [2.45, 2.75) is 96.8 Å². The van der Waals surface area contributed by atoms with E-state index in [9.17, 15) is 9.90 Å². The fraction of sp³-hybridized carbons (Fsp3) is 0.552. The van der Waals surface area contributed by atoms with Gasteiger partial charge in [-0.3, -0.25) is 0 Å². The van der Waals surface area contributed by atoms with E-state index in [0.717, 1.165) is 12.2 Å². The van der Waals surface area contributed by atoms with Crippen LogP contribution < -0.4 is 9.47 Å². The number of carbonyl (C=O) groups is 1. The van der Waals surface area contributed by atoms with Crippen LogP contribution in [-0.2, 0) is 0 Å². The topological polar surface area (TPSA) is 55.8 Å². The standard InChI is InChI=1S/C29H42O4/c1-2-3-4-5-6-7-8-9-10-11-12-13-14-15-24-32-27-20-16-25(17-21-27)29(31)33-28-22-18-26(30)19-23-28/h16-23,30H,2-15,24H2,1H3. The average Bonchev–Trinajstić information content (AvgIpc) is 2.83. The summed E-state index contributed by atoms with van der Waals surface area (Å²) in [5.41, 5.74) is 0.465. The Kier molecular flexibility index (Phi) is 13.8. The summed E-state index contributed by atoms with van der Waals surface area (Å²) in [5.74, 6) is 0.871. The summed E-state index contributed by atoms with van der Waals surface area (Å²) in [5, 5.41) is 9.29. The van der Waals surface area contributed by atoms with Crippen LogP contribution >= 0.6 is 0 Å². The van der Waals surface area contributed by atoms with Gasteiger partial charge in [-0.1, -0.05) is 90.4 Å². The number of hydrogen-bond donors (Lipinski definition) is 1. The lowest BCUT2D eigenvalue weighted by Gasteiger charge is -2.08. The zero-order valence-electron chi connectivity index (χ0n) is 20.4. The van der Waals surface area contributed by atoms with Gasteiger partial charge in [0, 0.05) is 0 Å². The number of rotatable bonds is 18. The fourth-order valence-electron chi connectivity index (χ4n) is 3.85. The maximum atomic E-state index is 12.2. The summed E-state index contributed by atoms with van der Waals surface area (Å²) in [6.45, 7) is 2.98. The van der Waals surface area contributed by atoms with E-state index in [2.05, 4.69) is 6.92 Å². The number of carbonyl (C=O) groups excluding carboxylic acids is 1. The molecule has 0 aliphatic rings. The van der Waals surface area contributed by atoms with Crippen LogP contribution in [0, 0.1) is 0 Å². The van der Waals surface area contributed by atoms with E-state index in [-0.39, 0.29) is 5.75 Å². The minimum absolute atomic E-state index is 0.134. The molecule has 0 atom stereocenters. The molecule has 4 heteroatoms. The molecule has 2 aromatic carbocycles. The number of esters is 1. The second-order valence-electron chi connectivity index (χ2n) is 8.85. The highest BCUT2D eigenvalue weighted by molar-refractivity contribution is 5.91. The first-order chi connectivity index (χ1) is 16.2. The zero-order chi connectivity index (χ0) is 23.6. The first-order valence-electron chi connectivity index (χ1n) is 12.9. The molecule has 2 aromatic rings. The highest BCUT2D eigenvalue weighted by atomic mass is 16.5. The SMILES string of the molecule is CCCCCCCCCCCCCCCCOc1ccc(C(=O)Oc2ccc(O)cc2)cc1. The number of phenols is 1. The number of ether oxygens (including phenoxy) is 2. The second-order valence-corrected chi connectivity index (χ2v) is 8.85. The van der Waals surface area contributed by atoms with Gasteiger partial charge in [0.25, 0.3) is 0 Å². The van der Waals surface area contributed by atoms with Crippen molar-refractivity contribution < 1.29 is 19.4 Å². The largest absolute Gasteiger partial charge is 0.508 e. The lowest BCUT2D eigenvalue weighted by molar-refractivity contribution is 0.0734. The molecule has 0 unspecified atom stereocenters. The summed E-state index contributed by atoms with van der Waals surface area (Å²) in [6.07, 6.45) is 18.8. The number of hydrogen-bond acceptors (Lipinski definition) is 4. The monoisotopic (exact) mass is 454 g/mol. The molecule has 0 aliphatic carbocycles. The second kappa shape index (κ2) is 17.0. The van der Waals surface area contributed by atoms with Crippen molar-refractivity contribution >= 4 is 5.97 Å². The Hall–Kier alpha value is -2.49. The van der Waals surface area contributed by atoms with Gasteiger partial charge in [0.15, 0.2) is 0 Å². The summed E-state index contributed by atoms with van der Waals surface area (Å²) >= 11 is 0. The third-order valence-electron chi connectivity index (χ3n) is 5.90. The van der Waals surface area contributed by atoms with Gasteiger partial charge < -0.3 is 14.6 Å². The van der Waals surface area contributed by atoms with E-state index in [1.165, 1.54) is 95.6 Å². The molecule has 0 aliphatic heterocycles. The van der Waals surface area contributed by atoms with E-state index in [1.54, 1.807) is 36.4 Å². The Bertz CT molecular complexity index is 752. The molecular formula is C29H42O4. The van der Waals surface area contributed by atoms with Crippen molar-refractivity contribution in [3.8, 4) is 17.2 Å². The van der Waals surface area contributed by atoms with Gasteiger partial charge in [0.2, 0.25) is 0 Å². The highest BCUT2D eigenvalue weighted by Crippen LogP contribution is 2.19. The van der Waals surface area contributed by atoms with Gasteiger partial charge in [-0.05, 0) is 55.0 Å². The van der Waals surface area contributed by atoms with Gasteiger partial charge in [0.05, 0.1) is 12.2 Å². The Balaban J connectivity index is 1.45. The van der Waals surface area contributed by atoms with Gasteiger partial charge in [-0.25, -0.2) is 4.79 Å². The molecule has 2 rings (SSSR count). The molecular weight excluding hydrogens is 412 g/mol. The molecule has 0 saturated heterocycles. The molecule has 0 spiro atoms. The first-order valence-corrected chi connectivity index (χ1v) is 12.9. The lowest BCUT2D eigenvalue weighted by atomic mass is 10.0. The molecule has 0 radical (unpaired) electrons. The molecule has 1 N–H and O–H groups in total. The van der Waals surface area contributed by atoms with Gasteiger partial charge in [-0.15, -0.1) is 0 Å². The first kappa shape index (κ1) is 26.8. The van der Waals surface area contributed by atoms with Crippen molar-refractivity contribution in [2.24, 2.45) is 0 Å². The van der Waals surface area contributed by atoms with E-state index >= 15 is 0 Å². The fourth-order valence-corrected chi connectivity index (χ4v) is 3.85. The minimum atomic E-state index is -0.431. The molecule has 33 heavy (non-hydrogen) atoms. The van der Waals surface area contributed by atoms with Gasteiger partial charge in [0.1, 0.15) is 17.2 Å². The number of phenolic OH excluding ortho intramolecular Hbond substituents is 1. The molecule has 0 bridgehead atoms. The smallest absolute Gasteiger partial charge is 0.343 e. The van der Waals surface area contributed by atoms with Crippen LogP contribution in [0.2, 0.25) is 0 Å². The van der Waals surface area contributed by atoms with E-state index < -0.39 is 5.97 Å². The Morgan fingerprint density at radius 1 is 0.636 bits per heavy atom. The zero-order valence-corrected chi connectivity index (χ0v) is 20.4. The van der Waals surface area contributed by atoms with Crippen LogP contribution in [0.25, 0.3) is 0 Å². The van der Waals surface area contributed by atoms with E-state index in [0.29, 0.717) is 17.9 Å².